The minimum atomic E-state index is -1.11. The molecule has 0 aliphatic rings. The summed E-state index contributed by atoms with van der Waals surface area (Å²) in [6, 6.07) is 22.3. The molecule has 0 fully saturated rings. The molecule has 0 spiro atoms. The quantitative estimate of drug-likeness (QED) is 0.265. The van der Waals surface area contributed by atoms with Gasteiger partial charge in [0.25, 0.3) is 5.91 Å². The number of thioether (sulfide) groups is 1. The second kappa shape index (κ2) is 9.67. The predicted octanol–water partition coefficient (Wildman–Crippen LogP) is 5.90. The maximum absolute atomic E-state index is 13.0. The Morgan fingerprint density at radius 2 is 1.52 bits per heavy atom. The van der Waals surface area contributed by atoms with Gasteiger partial charge in [-0.15, -0.1) is 11.8 Å². The van der Waals surface area contributed by atoms with Crippen LogP contribution in [-0.4, -0.2) is 28.5 Å². The van der Waals surface area contributed by atoms with E-state index in [9.17, 15) is 23.9 Å². The van der Waals surface area contributed by atoms with Crippen molar-refractivity contribution >= 4 is 45.9 Å². The second-order valence-corrected chi connectivity index (χ2v) is 8.26. The lowest BCUT2D eigenvalue weighted by Gasteiger charge is -2.11. The molecule has 0 saturated carbocycles. The summed E-state index contributed by atoms with van der Waals surface area (Å²) in [7, 11) is 0. The zero-order valence-corrected chi connectivity index (χ0v) is 18.1. The number of amides is 1. The number of carbonyl (C=O) groups is 3. The van der Waals surface area contributed by atoms with Crippen molar-refractivity contribution in [3.63, 3.8) is 0 Å². The fraction of sp³-hybridized carbons (Fsp3) is 0.0385. The van der Waals surface area contributed by atoms with E-state index < -0.39 is 17.7 Å². The van der Waals surface area contributed by atoms with E-state index in [4.69, 9.17) is 0 Å². The van der Waals surface area contributed by atoms with Gasteiger partial charge >= 0.3 is 5.97 Å². The van der Waals surface area contributed by atoms with Crippen LogP contribution in [-0.2, 0) is 0 Å². The highest BCUT2D eigenvalue weighted by Crippen LogP contribution is 2.26. The Morgan fingerprint density at radius 3 is 2.21 bits per heavy atom. The fourth-order valence-electron chi connectivity index (χ4n) is 3.44. The third-order valence-corrected chi connectivity index (χ3v) is 6.00. The molecule has 0 heterocycles. The van der Waals surface area contributed by atoms with Crippen molar-refractivity contribution in [1.82, 2.24) is 0 Å². The topological polar surface area (TPSA) is 83.5 Å². The number of benzene rings is 4. The number of anilines is 1. The molecule has 164 valence electrons. The monoisotopic (exact) mass is 459 g/mol. The summed E-state index contributed by atoms with van der Waals surface area (Å²) < 4.78 is 13.0. The van der Waals surface area contributed by atoms with Gasteiger partial charge in [0.05, 0.1) is 11.3 Å². The van der Waals surface area contributed by atoms with Gasteiger partial charge in [0.1, 0.15) is 5.82 Å². The molecule has 0 atom stereocenters. The van der Waals surface area contributed by atoms with Crippen LogP contribution in [0, 0.1) is 5.82 Å². The number of ketones is 1. The van der Waals surface area contributed by atoms with Crippen molar-refractivity contribution in [1.29, 1.82) is 0 Å². The van der Waals surface area contributed by atoms with E-state index in [0.29, 0.717) is 22.0 Å². The van der Waals surface area contributed by atoms with Crippen molar-refractivity contribution < 1.29 is 23.9 Å². The molecule has 2 N–H and O–H groups in total. The van der Waals surface area contributed by atoms with Gasteiger partial charge in [-0.25, -0.2) is 9.18 Å². The number of aromatic carboxylic acids is 1. The van der Waals surface area contributed by atoms with Gasteiger partial charge in [-0.1, -0.05) is 30.3 Å². The first kappa shape index (κ1) is 22.2. The largest absolute Gasteiger partial charge is 0.478 e. The number of carboxylic acid groups (broad SMARTS) is 1. The Balaban J connectivity index is 1.51. The van der Waals surface area contributed by atoms with E-state index in [1.165, 1.54) is 42.1 Å². The van der Waals surface area contributed by atoms with E-state index in [2.05, 4.69) is 5.32 Å². The van der Waals surface area contributed by atoms with Gasteiger partial charge in [0.15, 0.2) is 5.78 Å². The van der Waals surface area contributed by atoms with E-state index in [1.54, 1.807) is 48.5 Å². The van der Waals surface area contributed by atoms with Crippen molar-refractivity contribution in [3.8, 4) is 0 Å². The van der Waals surface area contributed by atoms with Gasteiger partial charge in [-0.3, -0.25) is 9.59 Å². The Kier molecular flexibility index (Phi) is 6.51. The number of Topliss-reactive ketones (excluding diaryl/α,β-unsaturated/α-hetero) is 1. The van der Waals surface area contributed by atoms with Gasteiger partial charge in [-0.05, 0) is 60.0 Å². The van der Waals surface area contributed by atoms with Gasteiger partial charge in [0.2, 0.25) is 0 Å². The molecule has 4 aromatic rings. The minimum Gasteiger partial charge on any atom is -0.478 e. The van der Waals surface area contributed by atoms with Crippen molar-refractivity contribution in [3.05, 3.63) is 107 Å². The maximum Gasteiger partial charge on any atom is 0.336 e. The summed E-state index contributed by atoms with van der Waals surface area (Å²) in [5.41, 5.74) is 1.26. The lowest BCUT2D eigenvalue weighted by molar-refractivity contribution is 0.0698. The molecule has 33 heavy (non-hydrogen) atoms. The molecule has 4 rings (SSSR count). The normalized spacial score (nSPS) is 10.7. The number of nitrogens with one attached hydrogen (secondary N) is 1. The molecule has 0 saturated heterocycles. The van der Waals surface area contributed by atoms with Gasteiger partial charge < -0.3 is 10.4 Å². The van der Waals surface area contributed by atoms with Crippen molar-refractivity contribution in [2.75, 3.05) is 11.1 Å². The Hall–Kier alpha value is -3.97. The molecule has 1 amide bonds. The lowest BCUT2D eigenvalue weighted by Crippen LogP contribution is -2.13. The van der Waals surface area contributed by atoms with Crippen LogP contribution in [0.5, 0.6) is 0 Å². The van der Waals surface area contributed by atoms with E-state index >= 15 is 0 Å². The summed E-state index contributed by atoms with van der Waals surface area (Å²) in [5, 5.41) is 13.4. The molecule has 0 radical (unpaired) electrons. The average molecular weight is 459 g/mol. The van der Waals surface area contributed by atoms with Crippen molar-refractivity contribution in [2.24, 2.45) is 0 Å². The van der Waals surface area contributed by atoms with Crippen LogP contribution in [0.4, 0.5) is 10.1 Å². The van der Waals surface area contributed by atoms with Crippen LogP contribution >= 0.6 is 11.8 Å². The highest BCUT2D eigenvalue weighted by Gasteiger charge is 2.17. The SMILES string of the molecule is O=C(CSc1cccc(NC(=O)c2cccc3cccc(C(=O)O)c23)c1)c1ccc(F)cc1. The third-order valence-electron chi connectivity index (χ3n) is 5.01. The Bertz CT molecular complexity index is 1360. The smallest absolute Gasteiger partial charge is 0.336 e. The molecule has 0 unspecified atom stereocenters. The van der Waals surface area contributed by atoms with E-state index in [0.717, 1.165) is 4.90 Å². The molecule has 0 aromatic heterocycles. The maximum atomic E-state index is 13.0. The molecular weight excluding hydrogens is 441 g/mol. The van der Waals surface area contributed by atoms with Crippen LogP contribution in [0.25, 0.3) is 10.8 Å². The zero-order chi connectivity index (χ0) is 23.4. The first-order valence-corrected chi connectivity index (χ1v) is 11.0. The summed E-state index contributed by atoms with van der Waals surface area (Å²) in [5.74, 6) is -1.91. The lowest BCUT2D eigenvalue weighted by atomic mass is 9.98. The highest BCUT2D eigenvalue weighted by atomic mass is 32.2. The first-order chi connectivity index (χ1) is 15.9. The molecule has 0 bridgehead atoms. The molecular formula is C26H18FNO4S. The Labute approximate surface area is 193 Å². The molecule has 0 aliphatic carbocycles. The number of hydrogen-bond acceptors (Lipinski definition) is 4. The van der Waals surface area contributed by atoms with Crippen molar-refractivity contribution in [2.45, 2.75) is 4.90 Å². The fourth-order valence-corrected chi connectivity index (χ4v) is 4.29. The average Bonchev–Trinajstić information content (AvgIpc) is 2.82. The Morgan fingerprint density at radius 1 is 0.848 bits per heavy atom. The van der Waals surface area contributed by atoms with Crippen LogP contribution < -0.4 is 5.32 Å². The third kappa shape index (κ3) is 5.10. The van der Waals surface area contributed by atoms with Crippen LogP contribution in [0.3, 0.4) is 0 Å². The standard InChI is InChI=1S/C26H18FNO4S/c27-18-12-10-16(11-13-18)23(29)15-33-20-7-3-6-19(14-20)28-25(30)21-8-1-4-17-5-2-9-22(24(17)21)26(31)32/h1-14H,15H2,(H,28,30)(H,31,32). The van der Waals surface area contributed by atoms with E-state index in [1.807, 2.05) is 6.07 Å². The van der Waals surface area contributed by atoms with E-state index in [-0.39, 0.29) is 22.7 Å². The number of carbonyl (C=O) groups excluding carboxylic acids is 2. The number of halogens is 1. The zero-order valence-electron chi connectivity index (χ0n) is 17.2. The molecule has 4 aromatic carbocycles. The summed E-state index contributed by atoms with van der Waals surface area (Å²) in [6.45, 7) is 0. The second-order valence-electron chi connectivity index (χ2n) is 7.22. The first-order valence-electron chi connectivity index (χ1n) is 10.0. The summed E-state index contributed by atoms with van der Waals surface area (Å²) in [4.78, 5) is 37.8. The number of carboxylic acids is 1. The predicted molar refractivity (Wildman–Crippen MR) is 127 cm³/mol. The van der Waals surface area contributed by atoms with Crippen LogP contribution in [0.15, 0.2) is 89.8 Å². The minimum absolute atomic E-state index is 0.0573. The number of rotatable bonds is 7. The van der Waals surface area contributed by atoms with Gasteiger partial charge in [-0.2, -0.15) is 0 Å². The molecule has 5 nitrogen and oxygen atoms in total. The highest BCUT2D eigenvalue weighted by molar-refractivity contribution is 8.00. The summed E-state index contributed by atoms with van der Waals surface area (Å²) >= 11 is 1.30. The number of hydrogen-bond donors (Lipinski definition) is 2. The molecule has 7 heteroatoms. The number of fused-ring (bicyclic) bond motifs is 1. The van der Waals surface area contributed by atoms with Crippen LogP contribution in [0.2, 0.25) is 0 Å². The van der Waals surface area contributed by atoms with Crippen LogP contribution in [0.1, 0.15) is 31.1 Å². The summed E-state index contributed by atoms with van der Waals surface area (Å²) in [6.07, 6.45) is 0. The molecule has 0 aliphatic heterocycles. The van der Waals surface area contributed by atoms with Gasteiger partial charge in [0, 0.05) is 27.1 Å².